The molecular formula is C51H58N6O13. The first-order chi connectivity index (χ1) is 33.7. The Morgan fingerprint density at radius 2 is 1.76 bits per heavy atom. The number of aliphatic hydroxyl groups excluding tert-OH is 5. The van der Waals surface area contributed by atoms with Gasteiger partial charge in [-0.25, -0.2) is 9.78 Å². The highest BCUT2D eigenvalue weighted by Crippen LogP contribution is 2.59. The lowest BCUT2D eigenvalue weighted by molar-refractivity contribution is -0.422. The van der Waals surface area contributed by atoms with Crippen LogP contribution in [0.3, 0.4) is 0 Å². The average Bonchev–Trinajstić information content (AvgIpc) is 4.18. The quantitative estimate of drug-likeness (QED) is 0.0596. The number of carbonyl (C=O) groups is 2. The number of H-pyrrole nitrogens is 2. The van der Waals surface area contributed by atoms with Crippen LogP contribution in [0, 0.1) is 11.8 Å². The molecule has 19 nitrogen and oxygen atoms in total. The zero-order valence-electron chi connectivity index (χ0n) is 38.0. The number of hydrogen-bond acceptors (Lipinski definition) is 15. The van der Waals surface area contributed by atoms with Crippen molar-refractivity contribution in [3.63, 3.8) is 0 Å². The molecule has 5 aromatic rings. The number of nitrogens with zero attached hydrogens (tertiary/aromatic N) is 2. The SMILES string of the molecule is N[C@@H]1CC[C@H]2CCc3ccccc3[C@]21C[C@H]1c2cc(O)c(O[C@]3(O)O[C@H](CO)[C@@H](O)[C@H](O)[C@H]3O)cc2N(C(=O)/C=C/c2ccc(O)c([C@H]3C[C@@H](CO)[C@H](CNc4ccc[nH]4)c4nc[nH]c43)c2)[C@H]1C(=O)O. The minimum absolute atomic E-state index is 0.00705. The third-order valence-corrected chi connectivity index (χ3v) is 15.9. The predicted octanol–water partition coefficient (Wildman–Crippen LogP) is 2.60. The number of imidazole rings is 1. The Morgan fingerprint density at radius 1 is 0.943 bits per heavy atom. The van der Waals surface area contributed by atoms with E-state index in [4.69, 9.17) is 15.2 Å². The number of hydrogen-bond donors (Lipinski definition) is 13. The standard InChI is InChI=1S/C51H58N6O13/c52-40-13-11-28-10-9-26-4-1-2-5-34(26)50(28,40)20-32-29-18-37(61)38(69-51(68)48(65)47(64)46(63)39(23-59)70-51)19-35(29)57(45(32)49(66)67)42(62)14-8-25-7-12-36(60)30(16-25)31-17-27(22-58)33(44-43(31)55-24-56-44)21-54-41-6-3-15-53-41/h1-8,12,14-16,18-19,24,27-28,31-33,39-40,45-48,53-54,58-61,63-65,68H,9-11,13,17,20-23,52H2,(H,55,56)(H,66,67)/b14-8+/t27-,28+,31+,32-,33-,39+,40+,45+,46+,47-,48+,50-,51-/m0/s1. The van der Waals surface area contributed by atoms with Gasteiger partial charge >= 0.3 is 11.9 Å². The van der Waals surface area contributed by atoms with E-state index < -0.39 is 83.7 Å². The van der Waals surface area contributed by atoms with Crippen LogP contribution >= 0.6 is 0 Å². The Kier molecular flexibility index (Phi) is 12.5. The van der Waals surface area contributed by atoms with Crippen LogP contribution in [0.1, 0.15) is 89.1 Å². The molecule has 3 aliphatic carbocycles. The minimum atomic E-state index is -3.14. The van der Waals surface area contributed by atoms with Crippen LogP contribution in [0.2, 0.25) is 0 Å². The maximum absolute atomic E-state index is 14.9. The number of nitrogens with one attached hydrogen (secondary N) is 3. The molecule has 13 atom stereocenters. The van der Waals surface area contributed by atoms with Crippen molar-refractivity contribution in [2.75, 3.05) is 30.0 Å². The summed E-state index contributed by atoms with van der Waals surface area (Å²) in [5.41, 5.74) is 11.3. The van der Waals surface area contributed by atoms with Crippen LogP contribution in [0.5, 0.6) is 17.2 Å². The highest BCUT2D eigenvalue weighted by atomic mass is 16.8. The van der Waals surface area contributed by atoms with E-state index in [1.165, 1.54) is 24.3 Å². The second-order valence-electron chi connectivity index (χ2n) is 19.5. The van der Waals surface area contributed by atoms with Crippen molar-refractivity contribution in [1.29, 1.82) is 0 Å². The first kappa shape index (κ1) is 47.4. The number of aromatic nitrogens is 3. The molecule has 0 radical (unpaired) electrons. The maximum Gasteiger partial charge on any atom is 0.355 e. The zero-order valence-corrected chi connectivity index (χ0v) is 38.0. The van der Waals surface area contributed by atoms with E-state index in [9.17, 15) is 55.5 Å². The summed E-state index contributed by atoms with van der Waals surface area (Å²) in [6.07, 6.45) is 2.06. The first-order valence-corrected chi connectivity index (χ1v) is 23.7. The van der Waals surface area contributed by atoms with Gasteiger partial charge in [-0.05, 0) is 109 Å². The Labute approximate surface area is 401 Å². The maximum atomic E-state index is 14.9. The van der Waals surface area contributed by atoms with E-state index in [2.05, 4.69) is 26.3 Å². The van der Waals surface area contributed by atoms with Gasteiger partial charge in [-0.2, -0.15) is 0 Å². The Morgan fingerprint density at radius 3 is 2.51 bits per heavy atom. The van der Waals surface area contributed by atoms with Gasteiger partial charge in [-0.1, -0.05) is 30.3 Å². The second kappa shape index (κ2) is 18.5. The molecule has 0 spiro atoms. The van der Waals surface area contributed by atoms with Gasteiger partial charge in [0.15, 0.2) is 17.6 Å². The summed E-state index contributed by atoms with van der Waals surface area (Å²) in [7, 11) is 0. The lowest BCUT2D eigenvalue weighted by Gasteiger charge is -2.46. The molecule has 3 aromatic carbocycles. The number of phenolic OH excluding ortho intramolecular Hbond substituents is 2. The number of rotatable bonds is 13. The molecule has 370 valence electrons. The molecule has 2 aliphatic heterocycles. The molecule has 1 saturated heterocycles. The Hall–Kier alpha value is -6.29. The third-order valence-electron chi connectivity index (χ3n) is 15.9. The van der Waals surface area contributed by atoms with E-state index in [0.717, 1.165) is 58.6 Å². The molecule has 1 amide bonds. The van der Waals surface area contributed by atoms with Gasteiger partial charge in [0.2, 0.25) is 0 Å². The number of anilines is 2. The summed E-state index contributed by atoms with van der Waals surface area (Å²) in [6, 6.07) is 17.1. The third kappa shape index (κ3) is 7.90. The molecule has 0 unspecified atom stereocenters. The Balaban J connectivity index is 1.01. The van der Waals surface area contributed by atoms with E-state index in [-0.39, 0.29) is 53.8 Å². The average molecular weight is 963 g/mol. The highest BCUT2D eigenvalue weighted by molar-refractivity contribution is 6.10. The van der Waals surface area contributed by atoms with Crippen molar-refractivity contribution in [2.45, 2.75) is 104 Å². The fraction of sp³-hybridized carbons (Fsp3) is 0.431. The fourth-order valence-electron chi connectivity index (χ4n) is 12.4. The smallest absolute Gasteiger partial charge is 0.355 e. The summed E-state index contributed by atoms with van der Waals surface area (Å²) in [4.78, 5) is 40.8. The summed E-state index contributed by atoms with van der Waals surface area (Å²) >= 11 is 0. The lowest BCUT2D eigenvalue weighted by atomic mass is 9.59. The molecule has 5 aliphatic rings. The van der Waals surface area contributed by atoms with Crippen molar-refractivity contribution in [3.8, 4) is 17.2 Å². The number of aryl methyl sites for hydroxylation is 1. The van der Waals surface area contributed by atoms with Crippen LogP contribution in [-0.4, -0.2) is 135 Å². The van der Waals surface area contributed by atoms with Crippen molar-refractivity contribution >= 4 is 29.5 Å². The first-order valence-electron chi connectivity index (χ1n) is 23.7. The second-order valence-corrected chi connectivity index (χ2v) is 19.5. The van der Waals surface area contributed by atoms with Crippen LogP contribution < -0.4 is 20.7 Å². The summed E-state index contributed by atoms with van der Waals surface area (Å²) in [5.74, 6) is -7.34. The fourth-order valence-corrected chi connectivity index (χ4v) is 12.4. The van der Waals surface area contributed by atoms with E-state index in [1.807, 2.05) is 36.5 Å². The molecule has 70 heavy (non-hydrogen) atoms. The van der Waals surface area contributed by atoms with E-state index in [0.29, 0.717) is 30.5 Å². The molecule has 2 aromatic heterocycles. The van der Waals surface area contributed by atoms with Gasteiger partial charge in [0.05, 0.1) is 24.3 Å². The number of carboxylic acid groups (broad SMARTS) is 1. The number of aromatic amines is 2. The highest BCUT2D eigenvalue weighted by Gasteiger charge is 2.58. The summed E-state index contributed by atoms with van der Waals surface area (Å²) in [5, 5.41) is 101. The molecule has 14 N–H and O–H groups in total. The zero-order chi connectivity index (χ0) is 49.2. The van der Waals surface area contributed by atoms with Gasteiger partial charge in [0, 0.05) is 72.0 Å². The molecule has 19 heteroatoms. The van der Waals surface area contributed by atoms with Gasteiger partial charge in [0.25, 0.3) is 5.91 Å². The number of nitrogens with two attached hydrogens (primary N) is 1. The molecule has 10 rings (SSSR count). The number of phenols is 2. The minimum Gasteiger partial charge on any atom is -0.508 e. The number of carbonyl (C=O) groups excluding carboxylic acids is 1. The van der Waals surface area contributed by atoms with Crippen molar-refractivity contribution in [1.82, 2.24) is 15.0 Å². The van der Waals surface area contributed by atoms with Gasteiger partial charge < -0.3 is 76.5 Å². The molecular weight excluding hydrogens is 905 g/mol. The topological polar surface area (TPSA) is 320 Å². The van der Waals surface area contributed by atoms with Crippen LogP contribution in [0.15, 0.2) is 85.3 Å². The lowest BCUT2D eigenvalue weighted by Crippen LogP contribution is -2.67. The number of amides is 1. The number of ether oxygens (including phenoxy) is 2. The number of aliphatic hydroxyl groups is 6. The summed E-state index contributed by atoms with van der Waals surface area (Å²) in [6.45, 7) is -0.543. The molecule has 0 bridgehead atoms. The number of carboxylic acids is 1. The molecule has 2 fully saturated rings. The number of benzene rings is 3. The van der Waals surface area contributed by atoms with Gasteiger partial charge in [0.1, 0.15) is 35.9 Å². The monoisotopic (exact) mass is 962 g/mol. The number of fused-ring (bicyclic) bond motifs is 5. The van der Waals surface area contributed by atoms with Crippen LogP contribution in [-0.2, 0) is 26.2 Å². The van der Waals surface area contributed by atoms with Gasteiger partial charge in [-0.15, -0.1) is 0 Å². The van der Waals surface area contributed by atoms with Crippen molar-refractivity contribution in [2.24, 2.45) is 17.6 Å². The summed E-state index contributed by atoms with van der Waals surface area (Å²) < 4.78 is 11.0. The largest absolute Gasteiger partial charge is 0.508 e. The van der Waals surface area contributed by atoms with E-state index in [1.54, 1.807) is 18.5 Å². The van der Waals surface area contributed by atoms with Crippen LogP contribution in [0.25, 0.3) is 6.08 Å². The van der Waals surface area contributed by atoms with Gasteiger partial charge in [-0.3, -0.25) is 9.69 Å². The Bertz CT molecular complexity index is 2780. The van der Waals surface area contributed by atoms with E-state index >= 15 is 0 Å². The predicted molar refractivity (Wildman–Crippen MR) is 252 cm³/mol. The normalized spacial score (nSPS) is 32.3. The van der Waals surface area contributed by atoms with Crippen molar-refractivity contribution < 1.29 is 65.0 Å². The van der Waals surface area contributed by atoms with Crippen molar-refractivity contribution in [3.05, 3.63) is 125 Å². The van der Waals surface area contributed by atoms with Crippen LogP contribution in [0.4, 0.5) is 11.5 Å². The molecule has 4 heterocycles. The number of aliphatic carboxylic acids is 1. The molecule has 1 saturated carbocycles. The number of aromatic hydroxyl groups is 2.